The molecule has 0 saturated carbocycles. The number of aryl methyl sites for hydroxylation is 1. The number of carbonyl (C=O) groups is 3. The van der Waals surface area contributed by atoms with Crippen molar-refractivity contribution in [1.29, 1.82) is 0 Å². The fourth-order valence-corrected chi connectivity index (χ4v) is 2.41. The Bertz CT molecular complexity index is 497. The molecule has 0 fully saturated rings. The van der Waals surface area contributed by atoms with E-state index in [4.69, 9.17) is 9.84 Å². The molecule has 1 rings (SSSR count). The van der Waals surface area contributed by atoms with Crippen LogP contribution in [0.25, 0.3) is 0 Å². The third-order valence-electron chi connectivity index (χ3n) is 2.61. The summed E-state index contributed by atoms with van der Waals surface area (Å²) >= 11 is 1.25. The molecule has 1 amide bonds. The van der Waals surface area contributed by atoms with Crippen LogP contribution >= 0.6 is 11.3 Å². The fourth-order valence-electron chi connectivity index (χ4n) is 1.58. The van der Waals surface area contributed by atoms with Crippen LogP contribution in [-0.2, 0) is 14.3 Å². The van der Waals surface area contributed by atoms with E-state index in [1.54, 1.807) is 25.3 Å². The largest absolute Gasteiger partial charge is 0.480 e. The maximum Gasteiger partial charge on any atom is 0.326 e. The molecule has 0 bridgehead atoms. The summed E-state index contributed by atoms with van der Waals surface area (Å²) in [6, 6.07) is 0.682. The lowest BCUT2D eigenvalue weighted by Crippen LogP contribution is -2.41. The summed E-state index contributed by atoms with van der Waals surface area (Å²) in [4.78, 5) is 34.7. The first-order valence-corrected chi connectivity index (χ1v) is 7.07. The van der Waals surface area contributed by atoms with Crippen molar-refractivity contribution in [1.82, 2.24) is 5.32 Å². The van der Waals surface area contributed by atoms with Gasteiger partial charge in [-0.05, 0) is 37.3 Å². The maximum atomic E-state index is 11.9. The lowest BCUT2D eigenvalue weighted by molar-refractivity contribution is -0.144. The van der Waals surface area contributed by atoms with E-state index in [0.717, 1.165) is 5.56 Å². The average Bonchev–Trinajstić information content (AvgIpc) is 2.80. The van der Waals surface area contributed by atoms with E-state index in [-0.39, 0.29) is 19.4 Å². The van der Waals surface area contributed by atoms with Crippen LogP contribution in [0.5, 0.6) is 0 Å². The molecule has 0 saturated heterocycles. The third kappa shape index (κ3) is 4.65. The summed E-state index contributed by atoms with van der Waals surface area (Å²) < 4.78 is 4.73. The van der Waals surface area contributed by atoms with Crippen molar-refractivity contribution >= 4 is 29.2 Å². The second-order valence-corrected chi connectivity index (χ2v) is 5.06. The van der Waals surface area contributed by atoms with Crippen molar-refractivity contribution in [3.63, 3.8) is 0 Å². The van der Waals surface area contributed by atoms with Gasteiger partial charge in [-0.3, -0.25) is 9.59 Å². The summed E-state index contributed by atoms with van der Waals surface area (Å²) in [7, 11) is 0. The van der Waals surface area contributed by atoms with Crippen LogP contribution in [0.15, 0.2) is 11.4 Å². The van der Waals surface area contributed by atoms with Crippen LogP contribution in [0.1, 0.15) is 35.0 Å². The van der Waals surface area contributed by atoms with E-state index < -0.39 is 23.9 Å². The zero-order valence-electron chi connectivity index (χ0n) is 11.3. The molecule has 0 radical (unpaired) electrons. The number of ether oxygens (including phenoxy) is 1. The van der Waals surface area contributed by atoms with Gasteiger partial charge in [-0.1, -0.05) is 0 Å². The maximum absolute atomic E-state index is 11.9. The van der Waals surface area contributed by atoms with E-state index >= 15 is 0 Å². The van der Waals surface area contributed by atoms with E-state index in [1.165, 1.54) is 11.3 Å². The van der Waals surface area contributed by atoms with Gasteiger partial charge in [0.25, 0.3) is 5.91 Å². The van der Waals surface area contributed by atoms with Gasteiger partial charge >= 0.3 is 11.9 Å². The van der Waals surface area contributed by atoms with Crippen LogP contribution in [-0.4, -0.2) is 35.6 Å². The molecule has 7 heteroatoms. The molecule has 110 valence electrons. The fraction of sp³-hybridized carbons (Fsp3) is 0.462. The highest BCUT2D eigenvalue weighted by atomic mass is 32.1. The molecule has 20 heavy (non-hydrogen) atoms. The molecule has 0 aliphatic carbocycles. The van der Waals surface area contributed by atoms with Gasteiger partial charge in [-0.15, -0.1) is 11.3 Å². The first-order valence-electron chi connectivity index (χ1n) is 6.19. The van der Waals surface area contributed by atoms with Gasteiger partial charge in [0.05, 0.1) is 11.5 Å². The molecule has 0 aromatic carbocycles. The van der Waals surface area contributed by atoms with Crippen LogP contribution in [0.2, 0.25) is 0 Å². The van der Waals surface area contributed by atoms with Crippen molar-refractivity contribution in [3.8, 4) is 0 Å². The number of aliphatic carboxylic acids is 1. The van der Waals surface area contributed by atoms with Gasteiger partial charge in [0.2, 0.25) is 0 Å². The monoisotopic (exact) mass is 299 g/mol. The Hall–Kier alpha value is -1.89. The average molecular weight is 299 g/mol. The molecular weight excluding hydrogens is 282 g/mol. The summed E-state index contributed by atoms with van der Waals surface area (Å²) in [6.45, 7) is 3.70. The normalized spacial score (nSPS) is 11.7. The number of thiophene rings is 1. The first-order chi connectivity index (χ1) is 9.45. The summed E-state index contributed by atoms with van der Waals surface area (Å²) in [5, 5.41) is 13.3. The summed E-state index contributed by atoms with van der Waals surface area (Å²) in [6.07, 6.45) is -0.0428. The molecule has 2 N–H and O–H groups in total. The van der Waals surface area contributed by atoms with E-state index in [0.29, 0.717) is 4.88 Å². The van der Waals surface area contributed by atoms with Crippen LogP contribution in [0, 0.1) is 6.92 Å². The number of nitrogens with one attached hydrogen (secondary N) is 1. The standard InChI is InChI=1S/C13H17NO5S/c1-3-19-10(15)5-4-9(13(17)18)14-12(16)11-8(2)6-7-20-11/h6-7,9H,3-5H2,1-2H3,(H,14,16)(H,17,18)/t9-/m0/s1. The van der Waals surface area contributed by atoms with Crippen LogP contribution in [0.3, 0.4) is 0 Å². The van der Waals surface area contributed by atoms with Gasteiger partial charge < -0.3 is 15.2 Å². The van der Waals surface area contributed by atoms with E-state index in [1.807, 2.05) is 0 Å². The Morgan fingerprint density at radius 3 is 2.65 bits per heavy atom. The second kappa shape index (κ2) is 7.64. The number of hydrogen-bond donors (Lipinski definition) is 2. The van der Waals surface area contributed by atoms with Crippen molar-refractivity contribution in [2.45, 2.75) is 32.7 Å². The van der Waals surface area contributed by atoms with Gasteiger partial charge in [0, 0.05) is 6.42 Å². The number of amides is 1. The Morgan fingerprint density at radius 2 is 2.15 bits per heavy atom. The molecule has 0 aliphatic rings. The van der Waals surface area contributed by atoms with Crippen molar-refractivity contribution in [3.05, 3.63) is 21.9 Å². The Balaban J connectivity index is 2.59. The molecule has 0 unspecified atom stereocenters. The summed E-state index contributed by atoms with van der Waals surface area (Å²) in [5.74, 6) is -2.08. The topological polar surface area (TPSA) is 92.7 Å². The molecule has 6 nitrogen and oxygen atoms in total. The van der Waals surface area contributed by atoms with Crippen molar-refractivity contribution < 1.29 is 24.2 Å². The Labute approximate surface area is 120 Å². The quantitative estimate of drug-likeness (QED) is 0.746. The van der Waals surface area contributed by atoms with Crippen LogP contribution < -0.4 is 5.32 Å². The first kappa shape index (κ1) is 16.2. The van der Waals surface area contributed by atoms with E-state index in [9.17, 15) is 14.4 Å². The van der Waals surface area contributed by atoms with Crippen molar-refractivity contribution in [2.75, 3.05) is 6.61 Å². The molecular formula is C13H17NO5S. The van der Waals surface area contributed by atoms with Gasteiger partial charge in [-0.2, -0.15) is 0 Å². The SMILES string of the molecule is CCOC(=O)CC[C@H](NC(=O)c1sccc1C)C(=O)O. The molecule has 0 aliphatic heterocycles. The number of esters is 1. The second-order valence-electron chi connectivity index (χ2n) is 4.14. The highest BCUT2D eigenvalue weighted by Gasteiger charge is 2.23. The highest BCUT2D eigenvalue weighted by Crippen LogP contribution is 2.15. The van der Waals surface area contributed by atoms with Crippen LogP contribution in [0.4, 0.5) is 0 Å². The number of hydrogen-bond acceptors (Lipinski definition) is 5. The molecule has 1 aromatic rings. The highest BCUT2D eigenvalue weighted by molar-refractivity contribution is 7.12. The molecule has 1 aromatic heterocycles. The molecule has 1 atom stereocenters. The van der Waals surface area contributed by atoms with Gasteiger partial charge in [0.15, 0.2) is 0 Å². The van der Waals surface area contributed by atoms with Gasteiger partial charge in [-0.25, -0.2) is 4.79 Å². The summed E-state index contributed by atoms with van der Waals surface area (Å²) in [5.41, 5.74) is 0.794. The number of carboxylic acids is 1. The predicted octanol–water partition coefficient (Wildman–Crippen LogP) is 1.58. The van der Waals surface area contributed by atoms with Gasteiger partial charge in [0.1, 0.15) is 6.04 Å². The zero-order chi connectivity index (χ0) is 15.1. The molecule has 1 heterocycles. The lowest BCUT2D eigenvalue weighted by Gasteiger charge is -2.13. The Kier molecular flexibility index (Phi) is 6.17. The predicted molar refractivity (Wildman–Crippen MR) is 73.8 cm³/mol. The minimum Gasteiger partial charge on any atom is -0.480 e. The Morgan fingerprint density at radius 1 is 1.45 bits per heavy atom. The van der Waals surface area contributed by atoms with Crippen molar-refractivity contribution in [2.24, 2.45) is 0 Å². The third-order valence-corrected chi connectivity index (χ3v) is 3.63. The van der Waals surface area contributed by atoms with E-state index in [2.05, 4.69) is 5.32 Å². The lowest BCUT2D eigenvalue weighted by atomic mass is 10.1. The minimum atomic E-state index is -1.17. The number of rotatable bonds is 7. The number of carbonyl (C=O) groups excluding carboxylic acids is 2. The minimum absolute atomic E-state index is 0.00430. The number of carboxylic acid groups (broad SMARTS) is 1. The molecule has 0 spiro atoms. The smallest absolute Gasteiger partial charge is 0.326 e. The zero-order valence-corrected chi connectivity index (χ0v) is 12.2.